The van der Waals surface area contributed by atoms with E-state index < -0.39 is 60.2 Å². The monoisotopic (exact) mass is 472 g/mol. The molecule has 4 atom stereocenters. The molecule has 12 N–H and O–H groups in total. The van der Waals surface area contributed by atoms with Crippen LogP contribution in [-0.4, -0.2) is 71.4 Å². The van der Waals surface area contributed by atoms with Crippen LogP contribution in [0, 0.1) is 5.92 Å². The molecule has 188 valence electrons. The van der Waals surface area contributed by atoms with Crippen LogP contribution >= 0.6 is 0 Å². The summed E-state index contributed by atoms with van der Waals surface area (Å²) in [7, 11) is 0. The van der Waals surface area contributed by atoms with E-state index in [4.69, 9.17) is 22.9 Å². The fraction of sp³-hybridized carbons (Fsp3) is 0.684. The van der Waals surface area contributed by atoms with E-state index in [0.717, 1.165) is 0 Å². The zero-order chi connectivity index (χ0) is 25.7. The van der Waals surface area contributed by atoms with Crippen molar-refractivity contribution in [3.05, 3.63) is 0 Å². The van der Waals surface area contributed by atoms with E-state index in [0.29, 0.717) is 0 Å². The molecular formula is C19H36N8O6. The molecule has 14 nitrogen and oxygen atoms in total. The molecule has 4 amide bonds. The third-order valence-electron chi connectivity index (χ3n) is 4.35. The number of nitrogens with two attached hydrogens (primary N) is 4. The Labute approximate surface area is 192 Å². The van der Waals surface area contributed by atoms with Gasteiger partial charge in [0.2, 0.25) is 23.6 Å². The number of primary amides is 1. The largest absolute Gasteiger partial charge is 0.480 e. The third kappa shape index (κ3) is 12.9. The molecule has 0 spiro atoms. The Bertz CT molecular complexity index is 736. The fourth-order valence-electron chi connectivity index (χ4n) is 2.72. The average molecular weight is 473 g/mol. The molecule has 0 aliphatic heterocycles. The van der Waals surface area contributed by atoms with Crippen LogP contribution in [0.15, 0.2) is 4.99 Å². The van der Waals surface area contributed by atoms with Crippen molar-refractivity contribution in [2.75, 3.05) is 6.54 Å². The highest BCUT2D eigenvalue weighted by Gasteiger charge is 2.30. The topological polar surface area (TPSA) is 258 Å². The smallest absolute Gasteiger partial charge is 0.326 e. The Morgan fingerprint density at radius 1 is 0.848 bits per heavy atom. The molecule has 4 unspecified atom stereocenters. The highest BCUT2D eigenvalue weighted by atomic mass is 16.4. The number of carboxylic acid groups (broad SMARTS) is 1. The molecule has 0 aromatic carbocycles. The highest BCUT2D eigenvalue weighted by Crippen LogP contribution is 2.08. The molecule has 33 heavy (non-hydrogen) atoms. The molecule has 0 bridgehead atoms. The number of carbonyl (C=O) groups excluding carboxylic acids is 4. The van der Waals surface area contributed by atoms with Crippen LogP contribution in [-0.2, 0) is 24.0 Å². The summed E-state index contributed by atoms with van der Waals surface area (Å²) in [5, 5.41) is 16.5. The van der Waals surface area contributed by atoms with E-state index >= 15 is 0 Å². The van der Waals surface area contributed by atoms with Crippen LogP contribution in [0.25, 0.3) is 0 Å². The van der Waals surface area contributed by atoms with Crippen LogP contribution in [0.3, 0.4) is 0 Å². The number of nitrogens with one attached hydrogen (secondary N) is 3. The van der Waals surface area contributed by atoms with Crippen LogP contribution in [0.2, 0.25) is 0 Å². The van der Waals surface area contributed by atoms with E-state index in [1.54, 1.807) is 0 Å². The van der Waals surface area contributed by atoms with E-state index in [2.05, 4.69) is 20.9 Å². The lowest BCUT2D eigenvalue weighted by molar-refractivity contribution is -0.143. The number of nitrogens with zero attached hydrogens (tertiary/aromatic N) is 1. The number of hydrogen-bond donors (Lipinski definition) is 8. The summed E-state index contributed by atoms with van der Waals surface area (Å²) in [5.41, 5.74) is 21.1. The third-order valence-corrected chi connectivity index (χ3v) is 4.35. The molecule has 0 aliphatic carbocycles. The minimum atomic E-state index is -1.57. The SMILES string of the molecule is CC(C)CC(NC(=O)C(C)N)C(=O)NC(CCCN=C(N)N)C(=O)NC(CC(N)=O)C(=O)O. The second kappa shape index (κ2) is 14.6. The molecule has 0 aromatic rings. The first kappa shape index (κ1) is 29.6. The molecule has 0 radical (unpaired) electrons. The second-order valence-corrected chi connectivity index (χ2v) is 8.06. The number of hydrogen-bond acceptors (Lipinski definition) is 7. The second-order valence-electron chi connectivity index (χ2n) is 8.06. The fourth-order valence-corrected chi connectivity index (χ4v) is 2.72. The summed E-state index contributed by atoms with van der Waals surface area (Å²) in [6.07, 6.45) is -0.0417. The van der Waals surface area contributed by atoms with E-state index in [-0.39, 0.29) is 37.7 Å². The average Bonchev–Trinajstić information content (AvgIpc) is 2.67. The summed E-state index contributed by atoms with van der Waals surface area (Å²) >= 11 is 0. The normalized spacial score (nSPS) is 14.3. The van der Waals surface area contributed by atoms with Gasteiger partial charge in [-0.25, -0.2) is 4.79 Å². The molecule has 0 rings (SSSR count). The maximum Gasteiger partial charge on any atom is 0.326 e. The van der Waals surface area contributed by atoms with Crippen LogP contribution in [0.5, 0.6) is 0 Å². The molecular weight excluding hydrogens is 436 g/mol. The number of carboxylic acids is 1. The summed E-state index contributed by atoms with van der Waals surface area (Å²) in [5.74, 6) is -4.55. The Kier molecular flexibility index (Phi) is 13.1. The number of amides is 4. The van der Waals surface area contributed by atoms with Gasteiger partial charge in [-0.3, -0.25) is 24.2 Å². The minimum absolute atomic E-state index is 0.0234. The molecule has 0 aliphatic rings. The van der Waals surface area contributed by atoms with Crippen LogP contribution in [0.4, 0.5) is 0 Å². The Hall–Kier alpha value is -3.42. The van der Waals surface area contributed by atoms with Gasteiger partial charge in [0, 0.05) is 6.54 Å². The zero-order valence-corrected chi connectivity index (χ0v) is 19.2. The maximum absolute atomic E-state index is 12.9. The van der Waals surface area contributed by atoms with Gasteiger partial charge in [0.1, 0.15) is 18.1 Å². The minimum Gasteiger partial charge on any atom is -0.480 e. The molecule has 0 heterocycles. The number of carbonyl (C=O) groups is 5. The van der Waals surface area contributed by atoms with Crippen molar-refractivity contribution < 1.29 is 29.1 Å². The van der Waals surface area contributed by atoms with Gasteiger partial charge < -0.3 is 44.0 Å². The van der Waals surface area contributed by atoms with Crippen molar-refractivity contribution in [1.82, 2.24) is 16.0 Å². The van der Waals surface area contributed by atoms with Gasteiger partial charge >= 0.3 is 5.97 Å². The first-order valence-corrected chi connectivity index (χ1v) is 10.5. The lowest BCUT2D eigenvalue weighted by atomic mass is 10.0. The molecule has 0 aromatic heterocycles. The summed E-state index contributed by atoms with van der Waals surface area (Å²) < 4.78 is 0. The first-order chi connectivity index (χ1) is 15.2. The van der Waals surface area contributed by atoms with Gasteiger partial charge in [0.25, 0.3) is 0 Å². The molecule has 0 saturated heterocycles. The van der Waals surface area contributed by atoms with E-state index in [1.807, 2.05) is 13.8 Å². The van der Waals surface area contributed by atoms with Crippen LogP contribution in [0.1, 0.15) is 46.5 Å². The van der Waals surface area contributed by atoms with Gasteiger partial charge in [0.15, 0.2) is 5.96 Å². The van der Waals surface area contributed by atoms with Crippen molar-refractivity contribution >= 4 is 35.6 Å². The number of aliphatic imine (C=N–C) groups is 1. The van der Waals surface area contributed by atoms with E-state index in [1.165, 1.54) is 6.92 Å². The van der Waals surface area contributed by atoms with Crippen molar-refractivity contribution in [1.29, 1.82) is 0 Å². The van der Waals surface area contributed by atoms with Crippen molar-refractivity contribution in [2.45, 2.75) is 70.6 Å². The lowest BCUT2D eigenvalue weighted by Crippen LogP contribution is -2.57. The van der Waals surface area contributed by atoms with Gasteiger partial charge in [-0.2, -0.15) is 0 Å². The van der Waals surface area contributed by atoms with Gasteiger partial charge in [-0.15, -0.1) is 0 Å². The highest BCUT2D eigenvalue weighted by molar-refractivity contribution is 5.94. The standard InChI is InChI=1S/C19H36N8O6/c1-9(2)7-12(26-15(29)10(3)20)17(31)25-11(5-4-6-24-19(22)23)16(30)27-13(18(32)33)8-14(21)28/h9-13H,4-8,20H2,1-3H3,(H2,21,28)(H,25,31)(H,26,29)(H,27,30)(H,32,33)(H4,22,23,24). The van der Waals surface area contributed by atoms with Gasteiger partial charge in [-0.05, 0) is 32.1 Å². The quantitative estimate of drug-likeness (QED) is 0.0678. The van der Waals surface area contributed by atoms with Crippen LogP contribution < -0.4 is 38.9 Å². The van der Waals surface area contributed by atoms with Crippen molar-refractivity contribution in [3.8, 4) is 0 Å². The number of rotatable bonds is 15. The summed E-state index contributed by atoms with van der Waals surface area (Å²) in [6, 6.07) is -4.59. The number of aliphatic carboxylic acids is 1. The van der Waals surface area contributed by atoms with Crippen molar-refractivity contribution in [2.24, 2.45) is 33.8 Å². The Morgan fingerprint density at radius 3 is 1.82 bits per heavy atom. The molecule has 0 saturated carbocycles. The molecule has 14 heteroatoms. The van der Waals surface area contributed by atoms with Gasteiger partial charge in [0.05, 0.1) is 12.5 Å². The zero-order valence-electron chi connectivity index (χ0n) is 19.2. The predicted molar refractivity (Wildman–Crippen MR) is 120 cm³/mol. The summed E-state index contributed by atoms with van der Waals surface area (Å²) in [6.45, 7) is 5.31. The lowest BCUT2D eigenvalue weighted by Gasteiger charge is -2.25. The van der Waals surface area contributed by atoms with E-state index in [9.17, 15) is 29.1 Å². The summed E-state index contributed by atoms with van der Waals surface area (Å²) in [4.78, 5) is 63.9. The van der Waals surface area contributed by atoms with Gasteiger partial charge in [-0.1, -0.05) is 13.8 Å². The van der Waals surface area contributed by atoms with Crippen molar-refractivity contribution in [3.63, 3.8) is 0 Å². The first-order valence-electron chi connectivity index (χ1n) is 10.5. The number of guanidine groups is 1. The maximum atomic E-state index is 12.9. The molecule has 0 fully saturated rings. The predicted octanol–water partition coefficient (Wildman–Crippen LogP) is -3.15. The Balaban J connectivity index is 5.57. The Morgan fingerprint density at radius 2 is 1.36 bits per heavy atom.